The summed E-state index contributed by atoms with van der Waals surface area (Å²) in [5.74, 6) is 2.42. The van der Waals surface area contributed by atoms with E-state index in [2.05, 4.69) is 5.32 Å². The molecule has 0 radical (unpaired) electrons. The second-order valence-corrected chi connectivity index (χ2v) is 3.70. The van der Waals surface area contributed by atoms with E-state index in [0.29, 0.717) is 0 Å². The third-order valence-corrected chi connectivity index (χ3v) is 2.92. The molecule has 1 aromatic carbocycles. The van der Waals surface area contributed by atoms with E-state index in [4.69, 9.17) is 14.2 Å². The van der Waals surface area contributed by atoms with Gasteiger partial charge >= 0.3 is 0 Å². The molecule has 0 unspecified atom stereocenters. The van der Waals surface area contributed by atoms with Crippen molar-refractivity contribution in [2.75, 3.05) is 27.9 Å². The summed E-state index contributed by atoms with van der Waals surface area (Å²) in [4.78, 5) is 0. The normalized spacial score (nSPS) is 13.4. The van der Waals surface area contributed by atoms with E-state index in [1.807, 2.05) is 6.07 Å². The van der Waals surface area contributed by atoms with Gasteiger partial charge in [0.15, 0.2) is 11.5 Å². The lowest BCUT2D eigenvalue weighted by Crippen LogP contribution is -2.24. The predicted molar refractivity (Wildman–Crippen MR) is 68.8 cm³/mol. The number of halogens is 1. The first-order valence-corrected chi connectivity index (χ1v) is 5.33. The zero-order valence-electron chi connectivity index (χ0n) is 10.3. The van der Waals surface area contributed by atoms with Gasteiger partial charge in [0.2, 0.25) is 0 Å². The van der Waals surface area contributed by atoms with E-state index >= 15 is 0 Å². The minimum absolute atomic E-state index is 0. The largest absolute Gasteiger partial charge is 0.496 e. The van der Waals surface area contributed by atoms with Crippen LogP contribution < -0.4 is 19.5 Å². The van der Waals surface area contributed by atoms with Crippen LogP contribution in [-0.2, 0) is 13.0 Å². The maximum absolute atomic E-state index is 5.41. The first-order chi connectivity index (χ1) is 7.81. The van der Waals surface area contributed by atoms with Gasteiger partial charge in [0.05, 0.1) is 21.3 Å². The number of rotatable bonds is 3. The van der Waals surface area contributed by atoms with Crippen LogP contribution in [0.1, 0.15) is 11.1 Å². The fourth-order valence-corrected chi connectivity index (χ4v) is 2.15. The molecule has 1 aromatic rings. The highest BCUT2D eigenvalue weighted by molar-refractivity contribution is 5.85. The number of benzene rings is 1. The average Bonchev–Trinajstić information content (AvgIpc) is 2.36. The topological polar surface area (TPSA) is 39.7 Å². The van der Waals surface area contributed by atoms with Crippen LogP contribution in [0.4, 0.5) is 0 Å². The van der Waals surface area contributed by atoms with Crippen LogP contribution in [0.25, 0.3) is 0 Å². The van der Waals surface area contributed by atoms with Crippen LogP contribution in [0, 0.1) is 0 Å². The van der Waals surface area contributed by atoms with Gasteiger partial charge in [0.1, 0.15) is 5.75 Å². The summed E-state index contributed by atoms with van der Waals surface area (Å²) in [7, 11) is 4.99. The lowest BCUT2D eigenvalue weighted by Gasteiger charge is -2.23. The number of nitrogens with one attached hydrogen (secondary N) is 1. The molecule has 0 atom stereocenters. The molecule has 0 spiro atoms. The van der Waals surface area contributed by atoms with Gasteiger partial charge in [0, 0.05) is 23.7 Å². The summed E-state index contributed by atoms with van der Waals surface area (Å²) in [6.45, 7) is 1.77. The molecule has 1 aliphatic rings. The third kappa shape index (κ3) is 2.42. The molecule has 96 valence electrons. The Morgan fingerprint density at radius 1 is 1.00 bits per heavy atom. The van der Waals surface area contributed by atoms with Gasteiger partial charge in [-0.2, -0.15) is 0 Å². The van der Waals surface area contributed by atoms with Crippen molar-refractivity contribution in [2.45, 2.75) is 13.0 Å². The summed E-state index contributed by atoms with van der Waals surface area (Å²) in [5.41, 5.74) is 2.36. The van der Waals surface area contributed by atoms with E-state index in [1.54, 1.807) is 21.3 Å². The Kier molecular flexibility index (Phi) is 4.90. The highest BCUT2D eigenvalue weighted by Gasteiger charge is 2.22. The van der Waals surface area contributed by atoms with E-state index < -0.39 is 0 Å². The minimum atomic E-state index is 0. The molecule has 2 rings (SSSR count). The molecule has 1 N–H and O–H groups in total. The molecular weight excluding hydrogens is 242 g/mol. The second-order valence-electron chi connectivity index (χ2n) is 3.70. The number of hydrogen-bond donors (Lipinski definition) is 1. The van der Waals surface area contributed by atoms with Gasteiger partial charge in [-0.1, -0.05) is 0 Å². The van der Waals surface area contributed by atoms with Crippen molar-refractivity contribution < 1.29 is 14.2 Å². The lowest BCUT2D eigenvalue weighted by molar-refractivity contribution is 0.340. The van der Waals surface area contributed by atoms with Crippen LogP contribution in [0.15, 0.2) is 6.07 Å². The quantitative estimate of drug-likeness (QED) is 0.898. The molecule has 1 aliphatic heterocycles. The van der Waals surface area contributed by atoms with Crippen molar-refractivity contribution in [3.8, 4) is 17.2 Å². The summed E-state index contributed by atoms with van der Waals surface area (Å²) in [6.07, 6.45) is 0.957. The van der Waals surface area contributed by atoms with Crippen LogP contribution >= 0.6 is 12.4 Å². The average molecular weight is 260 g/mol. The van der Waals surface area contributed by atoms with E-state index in [9.17, 15) is 0 Å². The van der Waals surface area contributed by atoms with E-state index in [0.717, 1.165) is 42.3 Å². The molecule has 0 bridgehead atoms. The molecule has 5 heteroatoms. The van der Waals surface area contributed by atoms with Crippen LogP contribution in [0.5, 0.6) is 17.2 Å². The molecule has 0 saturated heterocycles. The fraction of sp³-hybridized carbons (Fsp3) is 0.500. The molecule has 4 nitrogen and oxygen atoms in total. The van der Waals surface area contributed by atoms with E-state index in [1.165, 1.54) is 5.56 Å². The summed E-state index contributed by atoms with van der Waals surface area (Å²) >= 11 is 0. The Hall–Kier alpha value is -1.13. The molecule has 0 aromatic heterocycles. The summed E-state index contributed by atoms with van der Waals surface area (Å²) in [5, 5.41) is 3.33. The molecule has 17 heavy (non-hydrogen) atoms. The summed E-state index contributed by atoms with van der Waals surface area (Å²) in [6, 6.07) is 1.89. The number of ether oxygens (including phenoxy) is 3. The zero-order chi connectivity index (χ0) is 11.5. The van der Waals surface area contributed by atoms with Crippen LogP contribution in [0.3, 0.4) is 0 Å². The molecule has 1 heterocycles. The maximum atomic E-state index is 5.41. The van der Waals surface area contributed by atoms with Crippen molar-refractivity contribution in [3.05, 3.63) is 17.2 Å². The Bertz CT molecular complexity index is 374. The predicted octanol–water partition coefficient (Wildman–Crippen LogP) is 1.78. The van der Waals surface area contributed by atoms with Crippen molar-refractivity contribution >= 4 is 12.4 Å². The van der Waals surface area contributed by atoms with Crippen molar-refractivity contribution in [3.63, 3.8) is 0 Å². The zero-order valence-corrected chi connectivity index (χ0v) is 11.1. The smallest absolute Gasteiger partial charge is 0.165 e. The van der Waals surface area contributed by atoms with Crippen LogP contribution in [0.2, 0.25) is 0 Å². The first-order valence-electron chi connectivity index (χ1n) is 5.33. The first kappa shape index (κ1) is 13.9. The molecule has 0 aliphatic carbocycles. The lowest BCUT2D eigenvalue weighted by atomic mass is 9.98. The molecule has 0 amide bonds. The minimum Gasteiger partial charge on any atom is -0.496 e. The maximum Gasteiger partial charge on any atom is 0.165 e. The Labute approximate surface area is 108 Å². The van der Waals surface area contributed by atoms with Crippen LogP contribution in [-0.4, -0.2) is 27.9 Å². The van der Waals surface area contributed by atoms with E-state index in [-0.39, 0.29) is 12.4 Å². The SMILES string of the molecule is COc1cc(OC)c(OC)c2c1CCNC2.Cl. The van der Waals surface area contributed by atoms with Gasteiger partial charge in [-0.3, -0.25) is 0 Å². The van der Waals surface area contributed by atoms with Gasteiger partial charge in [-0.05, 0) is 13.0 Å². The highest BCUT2D eigenvalue weighted by atomic mass is 35.5. The Balaban J connectivity index is 0.00000144. The second kappa shape index (κ2) is 5.98. The fourth-order valence-electron chi connectivity index (χ4n) is 2.15. The van der Waals surface area contributed by atoms with Gasteiger partial charge in [0.25, 0.3) is 0 Å². The molecular formula is C12H18ClNO3. The van der Waals surface area contributed by atoms with Gasteiger partial charge < -0.3 is 19.5 Å². The van der Waals surface area contributed by atoms with Crippen molar-refractivity contribution in [1.29, 1.82) is 0 Å². The Morgan fingerprint density at radius 3 is 2.29 bits per heavy atom. The van der Waals surface area contributed by atoms with Gasteiger partial charge in [-0.25, -0.2) is 0 Å². The molecule has 0 saturated carbocycles. The third-order valence-electron chi connectivity index (χ3n) is 2.92. The monoisotopic (exact) mass is 259 g/mol. The number of fused-ring (bicyclic) bond motifs is 1. The standard InChI is InChI=1S/C12H17NO3.ClH/c1-14-10-6-11(15-2)12(16-3)9-7-13-5-4-8(9)10;/h6,13H,4-5,7H2,1-3H3;1H. The number of hydrogen-bond acceptors (Lipinski definition) is 4. The van der Waals surface area contributed by atoms with Crippen molar-refractivity contribution in [2.24, 2.45) is 0 Å². The Morgan fingerprint density at radius 2 is 1.71 bits per heavy atom. The highest BCUT2D eigenvalue weighted by Crippen LogP contribution is 2.40. The summed E-state index contributed by atoms with van der Waals surface area (Å²) < 4.78 is 16.1. The van der Waals surface area contributed by atoms with Crippen molar-refractivity contribution in [1.82, 2.24) is 5.32 Å². The number of methoxy groups -OCH3 is 3. The molecule has 0 fully saturated rings. The van der Waals surface area contributed by atoms with Gasteiger partial charge in [-0.15, -0.1) is 12.4 Å².